The van der Waals surface area contributed by atoms with Gasteiger partial charge in [0, 0.05) is 35.8 Å². The van der Waals surface area contributed by atoms with Crippen LogP contribution in [0.5, 0.6) is 0 Å². The minimum Gasteiger partial charge on any atom is -0.450 e. The van der Waals surface area contributed by atoms with Gasteiger partial charge in [-0.05, 0) is 69.3 Å². The number of amides is 1. The van der Waals surface area contributed by atoms with Crippen molar-refractivity contribution in [2.45, 2.75) is 20.8 Å². The summed E-state index contributed by atoms with van der Waals surface area (Å²) in [6.07, 6.45) is -0.440. The van der Waals surface area contributed by atoms with Crippen LogP contribution < -0.4 is 15.5 Å². The number of benzene rings is 2. The van der Waals surface area contributed by atoms with Gasteiger partial charge in [-0.3, -0.25) is 5.32 Å². The van der Waals surface area contributed by atoms with E-state index in [4.69, 9.17) is 4.74 Å². The van der Waals surface area contributed by atoms with E-state index in [0.717, 1.165) is 24.5 Å². The highest BCUT2D eigenvalue weighted by Gasteiger charge is 2.03. The Labute approximate surface area is 143 Å². The molecule has 0 radical (unpaired) electrons. The zero-order valence-electron chi connectivity index (χ0n) is 14.5. The third-order valence-corrected chi connectivity index (χ3v) is 3.69. The van der Waals surface area contributed by atoms with E-state index in [9.17, 15) is 4.79 Å². The number of rotatable bonds is 7. The molecule has 1 amide bonds. The normalized spacial score (nSPS) is 10.1. The predicted molar refractivity (Wildman–Crippen MR) is 100 cm³/mol. The molecule has 0 aliphatic heterocycles. The lowest BCUT2D eigenvalue weighted by atomic mass is 10.2. The van der Waals surface area contributed by atoms with Crippen molar-refractivity contribution in [3.05, 3.63) is 48.5 Å². The second-order valence-corrected chi connectivity index (χ2v) is 5.27. The van der Waals surface area contributed by atoms with Gasteiger partial charge in [-0.2, -0.15) is 0 Å². The fraction of sp³-hybridized carbons (Fsp3) is 0.316. The molecule has 2 N–H and O–H groups in total. The van der Waals surface area contributed by atoms with E-state index >= 15 is 0 Å². The Hall–Kier alpha value is -2.69. The zero-order chi connectivity index (χ0) is 17.4. The zero-order valence-corrected chi connectivity index (χ0v) is 14.5. The van der Waals surface area contributed by atoms with E-state index in [1.807, 2.05) is 24.3 Å². The first-order valence-electron chi connectivity index (χ1n) is 8.32. The Morgan fingerprint density at radius 3 is 1.88 bits per heavy atom. The summed E-state index contributed by atoms with van der Waals surface area (Å²) in [5.74, 6) is 0. The third-order valence-electron chi connectivity index (χ3n) is 3.69. The first-order valence-corrected chi connectivity index (χ1v) is 8.32. The molecule has 0 aromatic heterocycles. The maximum Gasteiger partial charge on any atom is 0.411 e. The molecule has 0 aliphatic carbocycles. The van der Waals surface area contributed by atoms with Crippen LogP contribution in [0.15, 0.2) is 48.5 Å². The highest BCUT2D eigenvalue weighted by atomic mass is 16.5. The number of hydrogen-bond donors (Lipinski definition) is 2. The van der Waals surface area contributed by atoms with Gasteiger partial charge in [0.2, 0.25) is 0 Å². The standard InChI is InChI=1S/C19H25N3O2/c1-4-22(5-2)18-13-11-16(12-14-18)20-15-7-9-17(10-8-15)21-19(23)24-6-3/h7-14,20H,4-6H2,1-3H3,(H,21,23). The fourth-order valence-electron chi connectivity index (χ4n) is 2.43. The van der Waals surface area contributed by atoms with Crippen LogP contribution in [0.25, 0.3) is 0 Å². The lowest BCUT2D eigenvalue weighted by molar-refractivity contribution is 0.168. The third kappa shape index (κ3) is 4.91. The van der Waals surface area contributed by atoms with Gasteiger partial charge in [0.15, 0.2) is 0 Å². The van der Waals surface area contributed by atoms with Crippen LogP contribution in [-0.2, 0) is 4.74 Å². The topological polar surface area (TPSA) is 53.6 Å². The molecule has 5 heteroatoms. The minimum absolute atomic E-state index is 0.356. The summed E-state index contributed by atoms with van der Waals surface area (Å²) in [7, 11) is 0. The molecule has 0 saturated carbocycles. The average molecular weight is 327 g/mol. The van der Waals surface area contributed by atoms with E-state index < -0.39 is 6.09 Å². The van der Waals surface area contributed by atoms with E-state index in [1.54, 1.807) is 6.92 Å². The fourth-order valence-corrected chi connectivity index (χ4v) is 2.43. The Kier molecular flexibility index (Phi) is 6.49. The number of anilines is 4. The molecule has 0 spiro atoms. The van der Waals surface area contributed by atoms with Crippen molar-refractivity contribution >= 4 is 28.8 Å². The number of carbonyl (C=O) groups is 1. The molecule has 0 atom stereocenters. The molecule has 0 heterocycles. The van der Waals surface area contributed by atoms with Crippen LogP contribution in [0, 0.1) is 0 Å². The summed E-state index contributed by atoms with van der Waals surface area (Å²) in [5, 5.41) is 6.02. The molecule has 2 aromatic rings. The summed E-state index contributed by atoms with van der Waals surface area (Å²) in [6, 6.07) is 15.9. The van der Waals surface area contributed by atoms with Crippen LogP contribution in [0.4, 0.5) is 27.5 Å². The maximum absolute atomic E-state index is 11.4. The quantitative estimate of drug-likeness (QED) is 0.763. The SMILES string of the molecule is CCOC(=O)Nc1ccc(Nc2ccc(N(CC)CC)cc2)cc1. The monoisotopic (exact) mass is 327 g/mol. The molecule has 0 fully saturated rings. The molecule has 0 aliphatic rings. The van der Waals surface area contributed by atoms with E-state index in [0.29, 0.717) is 12.3 Å². The lowest BCUT2D eigenvalue weighted by Crippen LogP contribution is -2.21. The second-order valence-electron chi connectivity index (χ2n) is 5.27. The Morgan fingerprint density at radius 2 is 1.38 bits per heavy atom. The van der Waals surface area contributed by atoms with Crippen LogP contribution in [0.3, 0.4) is 0 Å². The van der Waals surface area contributed by atoms with Crippen molar-refractivity contribution in [1.29, 1.82) is 0 Å². The van der Waals surface area contributed by atoms with Crippen LogP contribution in [0.2, 0.25) is 0 Å². The molecule has 0 bridgehead atoms. The number of ether oxygens (including phenoxy) is 1. The van der Waals surface area contributed by atoms with Crippen LogP contribution in [0.1, 0.15) is 20.8 Å². The molecule has 0 saturated heterocycles. The highest BCUT2D eigenvalue weighted by Crippen LogP contribution is 2.22. The summed E-state index contributed by atoms with van der Waals surface area (Å²) in [4.78, 5) is 13.7. The lowest BCUT2D eigenvalue weighted by Gasteiger charge is -2.21. The van der Waals surface area contributed by atoms with Gasteiger partial charge in [-0.25, -0.2) is 4.79 Å². The van der Waals surface area contributed by atoms with E-state index in [-0.39, 0.29) is 0 Å². The van der Waals surface area contributed by atoms with Crippen molar-refractivity contribution in [2.75, 3.05) is 35.2 Å². The Balaban J connectivity index is 1.97. The number of hydrogen-bond acceptors (Lipinski definition) is 4. The van der Waals surface area contributed by atoms with Gasteiger partial charge in [0.25, 0.3) is 0 Å². The average Bonchev–Trinajstić information content (AvgIpc) is 2.59. The van der Waals surface area contributed by atoms with Gasteiger partial charge in [-0.1, -0.05) is 0 Å². The summed E-state index contributed by atoms with van der Waals surface area (Å²) in [5.41, 5.74) is 3.91. The Morgan fingerprint density at radius 1 is 0.875 bits per heavy atom. The van der Waals surface area contributed by atoms with Crippen molar-refractivity contribution in [3.63, 3.8) is 0 Å². The molecule has 5 nitrogen and oxygen atoms in total. The first kappa shape index (κ1) is 17.7. The largest absolute Gasteiger partial charge is 0.450 e. The number of nitrogens with zero attached hydrogens (tertiary/aromatic N) is 1. The first-order chi connectivity index (χ1) is 11.7. The molecule has 2 rings (SSSR count). The maximum atomic E-state index is 11.4. The van der Waals surface area contributed by atoms with Crippen molar-refractivity contribution in [1.82, 2.24) is 0 Å². The highest BCUT2D eigenvalue weighted by molar-refractivity contribution is 5.85. The van der Waals surface area contributed by atoms with E-state index in [2.05, 4.69) is 53.6 Å². The summed E-state index contributed by atoms with van der Waals surface area (Å²) < 4.78 is 4.85. The number of nitrogens with one attached hydrogen (secondary N) is 2. The van der Waals surface area contributed by atoms with Crippen molar-refractivity contribution < 1.29 is 9.53 Å². The smallest absolute Gasteiger partial charge is 0.411 e. The number of carbonyl (C=O) groups excluding carboxylic acids is 1. The van der Waals surface area contributed by atoms with Gasteiger partial charge in [-0.15, -0.1) is 0 Å². The van der Waals surface area contributed by atoms with Crippen molar-refractivity contribution in [2.24, 2.45) is 0 Å². The molecule has 128 valence electrons. The van der Waals surface area contributed by atoms with Gasteiger partial charge < -0.3 is 15.0 Å². The summed E-state index contributed by atoms with van der Waals surface area (Å²) >= 11 is 0. The van der Waals surface area contributed by atoms with Gasteiger partial charge in [0.1, 0.15) is 0 Å². The Bertz CT molecular complexity index is 635. The molecule has 24 heavy (non-hydrogen) atoms. The van der Waals surface area contributed by atoms with Crippen molar-refractivity contribution in [3.8, 4) is 0 Å². The minimum atomic E-state index is -0.440. The molecular formula is C19H25N3O2. The van der Waals surface area contributed by atoms with Crippen LogP contribution >= 0.6 is 0 Å². The van der Waals surface area contributed by atoms with Crippen LogP contribution in [-0.4, -0.2) is 25.8 Å². The van der Waals surface area contributed by atoms with Gasteiger partial charge in [0.05, 0.1) is 6.61 Å². The molecular weight excluding hydrogens is 302 g/mol. The summed E-state index contributed by atoms with van der Waals surface area (Å²) in [6.45, 7) is 8.44. The predicted octanol–water partition coefficient (Wildman–Crippen LogP) is 4.84. The molecule has 0 unspecified atom stereocenters. The van der Waals surface area contributed by atoms with Gasteiger partial charge >= 0.3 is 6.09 Å². The molecule has 2 aromatic carbocycles. The second kappa shape index (κ2) is 8.82. The van der Waals surface area contributed by atoms with E-state index in [1.165, 1.54) is 5.69 Å².